The van der Waals surface area contributed by atoms with Crippen LogP contribution >= 0.6 is 0 Å². The fourth-order valence-corrected chi connectivity index (χ4v) is 1.02. The molecule has 0 radical (unpaired) electrons. The molecular formula is C9H14N4. The van der Waals surface area contributed by atoms with E-state index >= 15 is 0 Å². The molecule has 0 amide bonds. The summed E-state index contributed by atoms with van der Waals surface area (Å²) in [5.41, 5.74) is 7.08. The molecule has 0 aliphatic carbocycles. The summed E-state index contributed by atoms with van der Waals surface area (Å²) >= 11 is 0. The summed E-state index contributed by atoms with van der Waals surface area (Å²) in [6.07, 6.45) is 1.93. The smallest absolute Gasteiger partial charge is 0.115 e. The van der Waals surface area contributed by atoms with Crippen molar-refractivity contribution in [2.75, 3.05) is 0 Å². The Morgan fingerprint density at radius 2 is 2.23 bits per heavy atom. The Hall–Kier alpha value is -1.45. The van der Waals surface area contributed by atoms with Gasteiger partial charge in [-0.1, -0.05) is 13.8 Å². The maximum atomic E-state index is 7.13. The minimum absolute atomic E-state index is 0.133. The maximum Gasteiger partial charge on any atom is 0.115 e. The first-order chi connectivity index (χ1) is 6.09. The molecule has 1 rings (SSSR count). The molecule has 1 heterocycles. The molecule has 0 fully saturated rings. The molecule has 0 atom stereocenters. The van der Waals surface area contributed by atoms with Crippen LogP contribution in [0.25, 0.3) is 0 Å². The number of hydrogen-bond donors (Lipinski definition) is 2. The van der Waals surface area contributed by atoms with Gasteiger partial charge in [0, 0.05) is 12.1 Å². The van der Waals surface area contributed by atoms with E-state index in [2.05, 4.69) is 23.8 Å². The van der Waals surface area contributed by atoms with Crippen molar-refractivity contribution in [1.82, 2.24) is 9.97 Å². The van der Waals surface area contributed by atoms with E-state index in [4.69, 9.17) is 11.1 Å². The molecule has 0 aliphatic heterocycles. The Balaban J connectivity index is 2.85. The predicted octanol–water partition coefficient (Wildman–Crippen LogP) is 1.08. The second-order valence-electron chi connectivity index (χ2n) is 3.29. The van der Waals surface area contributed by atoms with E-state index in [1.807, 2.05) is 6.07 Å². The van der Waals surface area contributed by atoms with Gasteiger partial charge in [-0.3, -0.25) is 5.41 Å². The summed E-state index contributed by atoms with van der Waals surface area (Å²) in [7, 11) is 0. The molecule has 4 nitrogen and oxygen atoms in total. The molecule has 4 heteroatoms. The third-order valence-corrected chi connectivity index (χ3v) is 1.71. The summed E-state index contributed by atoms with van der Waals surface area (Å²) in [6, 6.07) is 1.89. The highest BCUT2D eigenvalue weighted by Crippen LogP contribution is 2.10. The Kier molecular flexibility index (Phi) is 2.95. The number of nitrogens with two attached hydrogens (primary N) is 1. The van der Waals surface area contributed by atoms with E-state index in [9.17, 15) is 0 Å². The SMILES string of the molecule is CC(C)c1cc(CC(=N)N)ncn1. The fourth-order valence-electron chi connectivity index (χ4n) is 1.02. The standard InChI is InChI=1S/C9H14N4/c1-6(2)8-3-7(4-9(10)11)12-5-13-8/h3,5-6H,4H2,1-2H3,(H3,10,11). The first-order valence-corrected chi connectivity index (χ1v) is 4.23. The Morgan fingerprint density at radius 1 is 1.54 bits per heavy atom. The van der Waals surface area contributed by atoms with Gasteiger partial charge in [0.05, 0.1) is 11.5 Å². The lowest BCUT2D eigenvalue weighted by molar-refractivity contribution is 0.806. The van der Waals surface area contributed by atoms with Crippen molar-refractivity contribution in [3.63, 3.8) is 0 Å². The van der Waals surface area contributed by atoms with Crippen molar-refractivity contribution in [2.24, 2.45) is 5.73 Å². The quantitative estimate of drug-likeness (QED) is 0.537. The molecule has 0 spiro atoms. The molecule has 0 unspecified atom stereocenters. The zero-order chi connectivity index (χ0) is 9.84. The molecule has 3 N–H and O–H groups in total. The van der Waals surface area contributed by atoms with Crippen molar-refractivity contribution >= 4 is 5.84 Å². The summed E-state index contributed by atoms with van der Waals surface area (Å²) in [5.74, 6) is 0.516. The van der Waals surface area contributed by atoms with Crippen molar-refractivity contribution in [2.45, 2.75) is 26.2 Å². The molecule has 13 heavy (non-hydrogen) atoms. The highest BCUT2D eigenvalue weighted by atomic mass is 14.8. The van der Waals surface area contributed by atoms with Crippen LogP contribution in [-0.2, 0) is 6.42 Å². The summed E-state index contributed by atoms with van der Waals surface area (Å²) in [5, 5.41) is 7.13. The Labute approximate surface area is 77.7 Å². The molecule has 0 saturated carbocycles. The number of rotatable bonds is 3. The molecular weight excluding hydrogens is 164 g/mol. The highest BCUT2D eigenvalue weighted by molar-refractivity contribution is 5.78. The van der Waals surface area contributed by atoms with Gasteiger partial charge in [0.2, 0.25) is 0 Å². The van der Waals surface area contributed by atoms with Crippen molar-refractivity contribution in [3.8, 4) is 0 Å². The van der Waals surface area contributed by atoms with Crippen LogP contribution in [0.1, 0.15) is 31.2 Å². The van der Waals surface area contributed by atoms with Crippen LogP contribution in [0.2, 0.25) is 0 Å². The highest BCUT2D eigenvalue weighted by Gasteiger charge is 2.03. The summed E-state index contributed by atoms with van der Waals surface area (Å²) in [4.78, 5) is 8.15. The van der Waals surface area contributed by atoms with Crippen LogP contribution in [-0.4, -0.2) is 15.8 Å². The average molecular weight is 178 g/mol. The molecule has 0 saturated heterocycles. The minimum atomic E-state index is 0.133. The topological polar surface area (TPSA) is 75.7 Å². The first-order valence-electron chi connectivity index (χ1n) is 4.23. The van der Waals surface area contributed by atoms with E-state index in [1.54, 1.807) is 0 Å². The van der Waals surface area contributed by atoms with E-state index < -0.39 is 0 Å². The van der Waals surface area contributed by atoms with Gasteiger partial charge in [0.1, 0.15) is 6.33 Å². The number of nitrogens with one attached hydrogen (secondary N) is 1. The lowest BCUT2D eigenvalue weighted by Gasteiger charge is -2.05. The number of nitrogens with zero attached hydrogens (tertiary/aromatic N) is 2. The normalized spacial score (nSPS) is 10.4. The molecule has 0 aromatic carbocycles. The lowest BCUT2D eigenvalue weighted by Crippen LogP contribution is -2.14. The summed E-state index contributed by atoms with van der Waals surface area (Å²) in [6.45, 7) is 4.14. The lowest BCUT2D eigenvalue weighted by atomic mass is 10.1. The van der Waals surface area contributed by atoms with Crippen molar-refractivity contribution in [1.29, 1.82) is 5.41 Å². The zero-order valence-corrected chi connectivity index (χ0v) is 7.91. The Morgan fingerprint density at radius 3 is 2.77 bits per heavy atom. The van der Waals surface area contributed by atoms with Gasteiger partial charge < -0.3 is 5.73 Å². The van der Waals surface area contributed by atoms with Crippen LogP contribution in [0, 0.1) is 5.41 Å². The van der Waals surface area contributed by atoms with Gasteiger partial charge in [-0.15, -0.1) is 0 Å². The number of hydrogen-bond acceptors (Lipinski definition) is 3. The molecule has 1 aromatic rings. The Bertz CT molecular complexity index is 306. The van der Waals surface area contributed by atoms with Gasteiger partial charge in [-0.25, -0.2) is 9.97 Å². The molecule has 0 bridgehead atoms. The second kappa shape index (κ2) is 3.98. The minimum Gasteiger partial charge on any atom is -0.387 e. The van der Waals surface area contributed by atoms with E-state index in [0.717, 1.165) is 11.4 Å². The van der Waals surface area contributed by atoms with Crippen LogP contribution in [0.4, 0.5) is 0 Å². The van der Waals surface area contributed by atoms with Crippen LogP contribution in [0.3, 0.4) is 0 Å². The van der Waals surface area contributed by atoms with Gasteiger partial charge in [-0.05, 0) is 12.0 Å². The van der Waals surface area contributed by atoms with E-state index in [-0.39, 0.29) is 5.84 Å². The van der Waals surface area contributed by atoms with E-state index in [0.29, 0.717) is 12.3 Å². The largest absolute Gasteiger partial charge is 0.387 e. The van der Waals surface area contributed by atoms with Crippen molar-refractivity contribution in [3.05, 3.63) is 23.8 Å². The van der Waals surface area contributed by atoms with Crippen LogP contribution in [0.15, 0.2) is 12.4 Å². The van der Waals surface area contributed by atoms with Gasteiger partial charge in [0.15, 0.2) is 0 Å². The second-order valence-corrected chi connectivity index (χ2v) is 3.29. The van der Waals surface area contributed by atoms with Gasteiger partial charge >= 0.3 is 0 Å². The molecule has 70 valence electrons. The average Bonchev–Trinajstić information content (AvgIpc) is 2.03. The van der Waals surface area contributed by atoms with Crippen LogP contribution < -0.4 is 5.73 Å². The third kappa shape index (κ3) is 2.82. The first kappa shape index (κ1) is 9.64. The third-order valence-electron chi connectivity index (χ3n) is 1.71. The van der Waals surface area contributed by atoms with Crippen molar-refractivity contribution < 1.29 is 0 Å². The number of amidine groups is 1. The molecule has 0 aliphatic rings. The number of aromatic nitrogens is 2. The fraction of sp³-hybridized carbons (Fsp3) is 0.444. The van der Waals surface area contributed by atoms with Crippen LogP contribution in [0.5, 0.6) is 0 Å². The van der Waals surface area contributed by atoms with E-state index in [1.165, 1.54) is 6.33 Å². The monoisotopic (exact) mass is 178 g/mol. The molecule has 1 aromatic heterocycles. The van der Waals surface area contributed by atoms with Gasteiger partial charge in [0.25, 0.3) is 0 Å². The maximum absolute atomic E-state index is 7.13. The summed E-state index contributed by atoms with van der Waals surface area (Å²) < 4.78 is 0. The predicted molar refractivity (Wildman–Crippen MR) is 51.7 cm³/mol. The van der Waals surface area contributed by atoms with Gasteiger partial charge in [-0.2, -0.15) is 0 Å². The zero-order valence-electron chi connectivity index (χ0n) is 7.91.